The first kappa shape index (κ1) is 17.1. The lowest BCUT2D eigenvalue weighted by molar-refractivity contribution is -0.0827. The van der Waals surface area contributed by atoms with E-state index in [4.69, 9.17) is 0 Å². The molecule has 7 heteroatoms. The van der Waals surface area contributed by atoms with Gasteiger partial charge in [0, 0.05) is 31.1 Å². The van der Waals surface area contributed by atoms with Crippen molar-refractivity contribution in [3.8, 4) is 0 Å². The summed E-state index contributed by atoms with van der Waals surface area (Å²) in [6, 6.07) is 2.91. The van der Waals surface area contributed by atoms with Gasteiger partial charge in [0.2, 0.25) is 0 Å². The van der Waals surface area contributed by atoms with Gasteiger partial charge in [-0.2, -0.15) is 5.10 Å². The molecule has 0 aromatic carbocycles. The van der Waals surface area contributed by atoms with Crippen molar-refractivity contribution in [3.05, 3.63) is 28.2 Å². The quantitative estimate of drug-likeness (QED) is 0.812. The zero-order valence-electron chi connectivity index (χ0n) is 14.7. The fraction of sp³-hybridized carbons (Fsp3) is 0.706. The Balaban J connectivity index is 1.71. The molecule has 2 N–H and O–H groups in total. The van der Waals surface area contributed by atoms with E-state index in [-0.39, 0.29) is 28.6 Å². The van der Waals surface area contributed by atoms with Gasteiger partial charge in [-0.05, 0) is 31.9 Å². The summed E-state index contributed by atoms with van der Waals surface area (Å²) in [5.41, 5.74) is 0.0112. The first-order valence-corrected chi connectivity index (χ1v) is 8.47. The van der Waals surface area contributed by atoms with Gasteiger partial charge >= 0.3 is 0 Å². The highest BCUT2D eigenvalue weighted by molar-refractivity contribution is 5.92. The summed E-state index contributed by atoms with van der Waals surface area (Å²) in [6.45, 7) is 5.36. The van der Waals surface area contributed by atoms with E-state index >= 15 is 0 Å². The summed E-state index contributed by atoms with van der Waals surface area (Å²) in [7, 11) is 3.62. The number of aryl methyl sites for hydroxylation is 1. The Hall–Kier alpha value is -1.73. The van der Waals surface area contributed by atoms with Crippen molar-refractivity contribution < 1.29 is 9.90 Å². The minimum Gasteiger partial charge on any atom is -0.391 e. The summed E-state index contributed by atoms with van der Waals surface area (Å²) in [5.74, 6) is 0.163. The van der Waals surface area contributed by atoms with E-state index in [9.17, 15) is 14.7 Å². The maximum Gasteiger partial charge on any atom is 0.272 e. The zero-order chi connectivity index (χ0) is 17.6. The van der Waals surface area contributed by atoms with E-state index in [0.717, 1.165) is 17.6 Å². The van der Waals surface area contributed by atoms with E-state index < -0.39 is 6.10 Å². The van der Waals surface area contributed by atoms with Crippen molar-refractivity contribution in [1.29, 1.82) is 0 Å². The van der Waals surface area contributed by atoms with Crippen LogP contribution in [-0.2, 0) is 7.05 Å². The maximum atomic E-state index is 12.4. The molecule has 1 amide bonds. The number of rotatable bonds is 3. The Kier molecular flexibility index (Phi) is 4.25. The van der Waals surface area contributed by atoms with Crippen molar-refractivity contribution in [3.63, 3.8) is 0 Å². The number of hydrogen-bond donors (Lipinski definition) is 2. The summed E-state index contributed by atoms with van der Waals surface area (Å²) >= 11 is 0. The minimum absolute atomic E-state index is 0.0806. The third kappa shape index (κ3) is 2.75. The Bertz CT molecular complexity index is 697. The van der Waals surface area contributed by atoms with Crippen LogP contribution in [0.1, 0.15) is 37.2 Å². The summed E-state index contributed by atoms with van der Waals surface area (Å²) < 4.78 is 1.14. The maximum absolute atomic E-state index is 12.4. The number of nitrogens with one attached hydrogen (secondary N) is 1. The topological polar surface area (TPSA) is 87.5 Å². The molecule has 3 rings (SSSR count). The molecule has 1 saturated heterocycles. The standard InChI is InChI=1S/C17H26N4O3/c1-10(2)15-17(9-20(15)3)7-12(13(22)8-17)18-16(24)11-5-6-14(23)21(4)19-11/h5-6,10,12-13,15,22H,7-9H2,1-4H3,(H,18,24)/t12-,13-,15?,17?/m1/s1. The fourth-order valence-electron chi connectivity index (χ4n) is 4.86. The molecule has 1 aromatic rings. The lowest BCUT2D eigenvalue weighted by atomic mass is 9.66. The van der Waals surface area contributed by atoms with Crippen LogP contribution in [0.2, 0.25) is 0 Å². The van der Waals surface area contributed by atoms with Crippen molar-refractivity contribution in [2.24, 2.45) is 18.4 Å². The van der Waals surface area contributed by atoms with E-state index in [2.05, 4.69) is 36.2 Å². The van der Waals surface area contributed by atoms with Gasteiger partial charge in [-0.1, -0.05) is 13.8 Å². The van der Waals surface area contributed by atoms with Gasteiger partial charge in [0.15, 0.2) is 0 Å². The third-order valence-corrected chi connectivity index (χ3v) is 5.51. The van der Waals surface area contributed by atoms with E-state index in [0.29, 0.717) is 18.4 Å². The first-order chi connectivity index (χ1) is 11.2. The van der Waals surface area contributed by atoms with Crippen LogP contribution in [0.5, 0.6) is 0 Å². The van der Waals surface area contributed by atoms with Crippen LogP contribution in [0.15, 0.2) is 16.9 Å². The lowest BCUT2D eigenvalue weighted by Crippen LogP contribution is -2.64. The molecule has 2 fully saturated rings. The molecule has 1 aliphatic heterocycles. The molecule has 0 radical (unpaired) electrons. The number of carbonyl (C=O) groups is 1. The third-order valence-electron chi connectivity index (χ3n) is 5.51. The number of carbonyl (C=O) groups excluding carboxylic acids is 1. The molecule has 1 saturated carbocycles. The summed E-state index contributed by atoms with van der Waals surface area (Å²) in [5, 5.41) is 17.3. The number of aromatic nitrogens is 2. The molecule has 2 heterocycles. The molecule has 24 heavy (non-hydrogen) atoms. The van der Waals surface area contributed by atoms with Crippen molar-refractivity contribution in [2.75, 3.05) is 13.6 Å². The zero-order valence-corrected chi connectivity index (χ0v) is 14.7. The second-order valence-electron chi connectivity index (χ2n) is 7.70. The van der Waals surface area contributed by atoms with Gasteiger partial charge in [-0.15, -0.1) is 0 Å². The number of aliphatic hydroxyl groups is 1. The van der Waals surface area contributed by atoms with E-state index in [1.54, 1.807) is 0 Å². The number of nitrogens with zero attached hydrogens (tertiary/aromatic N) is 3. The molecule has 4 atom stereocenters. The Labute approximate surface area is 141 Å². The second kappa shape index (κ2) is 5.97. The molecule has 1 aromatic heterocycles. The van der Waals surface area contributed by atoms with E-state index in [1.165, 1.54) is 19.2 Å². The van der Waals surface area contributed by atoms with Crippen LogP contribution in [0, 0.1) is 11.3 Å². The molecular weight excluding hydrogens is 308 g/mol. The summed E-state index contributed by atoms with van der Waals surface area (Å²) in [6.07, 6.45) is 0.946. The molecule has 7 nitrogen and oxygen atoms in total. The molecule has 132 valence electrons. The predicted octanol–water partition coefficient (Wildman–Crippen LogP) is -0.0102. The number of amides is 1. The second-order valence-corrected chi connectivity index (χ2v) is 7.70. The highest BCUT2D eigenvalue weighted by Crippen LogP contribution is 2.52. The number of likely N-dealkylation sites (tertiary alicyclic amines) is 1. The molecular formula is C17H26N4O3. The van der Waals surface area contributed by atoms with Crippen LogP contribution >= 0.6 is 0 Å². The van der Waals surface area contributed by atoms with Gasteiger partial charge in [-0.25, -0.2) is 4.68 Å². The van der Waals surface area contributed by atoms with Crippen LogP contribution < -0.4 is 10.9 Å². The monoisotopic (exact) mass is 334 g/mol. The average molecular weight is 334 g/mol. The molecule has 1 spiro atoms. The molecule has 2 aliphatic rings. The Morgan fingerprint density at radius 1 is 1.38 bits per heavy atom. The van der Waals surface area contributed by atoms with Gasteiger partial charge < -0.3 is 15.3 Å². The lowest BCUT2D eigenvalue weighted by Gasteiger charge is -2.57. The van der Waals surface area contributed by atoms with Crippen LogP contribution in [0.3, 0.4) is 0 Å². The number of aliphatic hydroxyl groups excluding tert-OH is 1. The highest BCUT2D eigenvalue weighted by atomic mass is 16.3. The van der Waals surface area contributed by atoms with Crippen molar-refractivity contribution in [2.45, 2.75) is 44.9 Å². The van der Waals surface area contributed by atoms with Crippen LogP contribution in [0.25, 0.3) is 0 Å². The molecule has 1 aliphatic carbocycles. The smallest absolute Gasteiger partial charge is 0.272 e. The first-order valence-electron chi connectivity index (χ1n) is 8.47. The van der Waals surface area contributed by atoms with Crippen molar-refractivity contribution in [1.82, 2.24) is 20.0 Å². The van der Waals surface area contributed by atoms with Gasteiger partial charge in [0.25, 0.3) is 11.5 Å². The Morgan fingerprint density at radius 3 is 2.67 bits per heavy atom. The number of hydrogen-bond acceptors (Lipinski definition) is 5. The highest BCUT2D eigenvalue weighted by Gasteiger charge is 2.58. The SMILES string of the molecule is CC(C)C1N(C)CC12C[C@@H](O)[C@H](NC(=O)c1ccc(=O)n(C)n1)C2. The van der Waals surface area contributed by atoms with Gasteiger partial charge in [-0.3, -0.25) is 9.59 Å². The minimum atomic E-state index is -0.545. The average Bonchev–Trinajstić information content (AvgIpc) is 2.78. The van der Waals surface area contributed by atoms with Gasteiger partial charge in [0.05, 0.1) is 12.1 Å². The summed E-state index contributed by atoms with van der Waals surface area (Å²) in [4.78, 5) is 26.1. The fourth-order valence-corrected chi connectivity index (χ4v) is 4.86. The van der Waals surface area contributed by atoms with Gasteiger partial charge in [0.1, 0.15) is 5.69 Å². The molecule has 2 unspecified atom stereocenters. The largest absolute Gasteiger partial charge is 0.391 e. The Morgan fingerprint density at radius 2 is 2.08 bits per heavy atom. The van der Waals surface area contributed by atoms with Crippen LogP contribution in [-0.4, -0.2) is 57.5 Å². The van der Waals surface area contributed by atoms with E-state index in [1.807, 2.05) is 0 Å². The van der Waals surface area contributed by atoms with Crippen LogP contribution in [0.4, 0.5) is 0 Å². The van der Waals surface area contributed by atoms with Crippen molar-refractivity contribution >= 4 is 5.91 Å². The molecule has 0 bridgehead atoms. The normalized spacial score (nSPS) is 33.0. The predicted molar refractivity (Wildman–Crippen MR) is 89.7 cm³/mol.